The Morgan fingerprint density at radius 2 is 2.25 bits per heavy atom. The topological polar surface area (TPSA) is 64.1 Å². The van der Waals surface area contributed by atoms with Crippen molar-refractivity contribution >= 4 is 22.6 Å². The monoisotopic (exact) mass is 243 g/mol. The van der Waals surface area contributed by atoms with Crippen LogP contribution in [0.3, 0.4) is 0 Å². The zero-order valence-electron chi connectivity index (χ0n) is 10.0. The summed E-state index contributed by atoms with van der Waals surface area (Å²) in [6, 6.07) is 0. The summed E-state index contributed by atoms with van der Waals surface area (Å²) in [6.45, 7) is 6.14. The van der Waals surface area contributed by atoms with Crippen LogP contribution in [0.1, 0.15) is 26.6 Å². The van der Waals surface area contributed by atoms with Gasteiger partial charge in [-0.2, -0.15) is 4.37 Å². The first-order valence-electron chi connectivity index (χ1n) is 5.14. The molecule has 0 bridgehead atoms. The first-order chi connectivity index (χ1) is 7.49. The van der Waals surface area contributed by atoms with Gasteiger partial charge in [0, 0.05) is 24.5 Å². The predicted octanol–water partition coefficient (Wildman–Crippen LogP) is 1.71. The average molecular weight is 243 g/mol. The van der Waals surface area contributed by atoms with Crippen LogP contribution in [0.5, 0.6) is 0 Å². The van der Waals surface area contributed by atoms with E-state index in [-0.39, 0.29) is 5.97 Å². The Hall–Kier alpha value is -1.17. The molecule has 0 aliphatic rings. The van der Waals surface area contributed by atoms with Crippen molar-refractivity contribution in [3.63, 3.8) is 0 Å². The summed E-state index contributed by atoms with van der Waals surface area (Å²) in [6.07, 6.45) is 0.818. The molecule has 0 fully saturated rings. The summed E-state index contributed by atoms with van der Waals surface area (Å²) in [4.78, 5) is 15.7. The summed E-state index contributed by atoms with van der Waals surface area (Å²) in [5.41, 5.74) is -0.563. The standard InChI is InChI=1S/C10H17N3O2S/c1-5-7-12-9(16-13-7)11-6-10(2,3)8(14)15-4/h5-6H2,1-4H3,(H,11,12,13). The summed E-state index contributed by atoms with van der Waals surface area (Å²) in [7, 11) is 1.39. The lowest BCUT2D eigenvalue weighted by atomic mass is 9.94. The van der Waals surface area contributed by atoms with Gasteiger partial charge in [0.1, 0.15) is 5.82 Å². The molecule has 0 unspecified atom stereocenters. The molecule has 1 heterocycles. The fourth-order valence-electron chi connectivity index (χ4n) is 1.11. The van der Waals surface area contributed by atoms with Crippen molar-refractivity contribution in [3.8, 4) is 0 Å². The van der Waals surface area contributed by atoms with Gasteiger partial charge < -0.3 is 10.1 Å². The summed E-state index contributed by atoms with van der Waals surface area (Å²) in [5, 5.41) is 3.84. The van der Waals surface area contributed by atoms with Gasteiger partial charge in [-0.25, -0.2) is 4.98 Å². The van der Waals surface area contributed by atoms with Crippen molar-refractivity contribution in [2.75, 3.05) is 19.0 Å². The van der Waals surface area contributed by atoms with E-state index >= 15 is 0 Å². The molecule has 0 spiro atoms. The molecule has 1 rings (SSSR count). The molecule has 0 saturated heterocycles. The van der Waals surface area contributed by atoms with Crippen molar-refractivity contribution in [2.24, 2.45) is 5.41 Å². The minimum absolute atomic E-state index is 0.236. The van der Waals surface area contributed by atoms with Crippen LogP contribution in [0.15, 0.2) is 0 Å². The van der Waals surface area contributed by atoms with Crippen LogP contribution in [0.25, 0.3) is 0 Å². The lowest BCUT2D eigenvalue weighted by molar-refractivity contribution is -0.149. The van der Waals surface area contributed by atoms with Gasteiger partial charge in [-0.1, -0.05) is 6.92 Å². The van der Waals surface area contributed by atoms with Crippen molar-refractivity contribution in [3.05, 3.63) is 5.82 Å². The highest BCUT2D eigenvalue weighted by atomic mass is 32.1. The molecule has 0 aliphatic carbocycles. The smallest absolute Gasteiger partial charge is 0.313 e. The molecule has 1 N–H and O–H groups in total. The maximum absolute atomic E-state index is 11.4. The summed E-state index contributed by atoms with van der Waals surface area (Å²) < 4.78 is 8.87. The third kappa shape index (κ3) is 3.16. The van der Waals surface area contributed by atoms with E-state index in [1.165, 1.54) is 18.6 Å². The highest BCUT2D eigenvalue weighted by Gasteiger charge is 2.28. The molecule has 0 atom stereocenters. The van der Waals surface area contributed by atoms with E-state index in [4.69, 9.17) is 4.74 Å². The zero-order valence-corrected chi connectivity index (χ0v) is 10.8. The van der Waals surface area contributed by atoms with E-state index < -0.39 is 5.41 Å². The molecule has 6 heteroatoms. The molecule has 16 heavy (non-hydrogen) atoms. The number of hydrogen-bond acceptors (Lipinski definition) is 6. The molecule has 1 aromatic heterocycles. The number of methoxy groups -OCH3 is 1. The van der Waals surface area contributed by atoms with Gasteiger partial charge in [0.25, 0.3) is 0 Å². The molecule has 0 radical (unpaired) electrons. The fraction of sp³-hybridized carbons (Fsp3) is 0.700. The number of aromatic nitrogens is 2. The number of carbonyl (C=O) groups excluding carboxylic acids is 1. The van der Waals surface area contributed by atoms with E-state index in [2.05, 4.69) is 14.7 Å². The van der Waals surface area contributed by atoms with E-state index in [1.54, 1.807) is 0 Å². The third-order valence-electron chi connectivity index (χ3n) is 2.20. The van der Waals surface area contributed by atoms with Crippen LogP contribution in [0.4, 0.5) is 5.13 Å². The normalized spacial score (nSPS) is 11.2. The summed E-state index contributed by atoms with van der Waals surface area (Å²) >= 11 is 1.31. The van der Waals surface area contributed by atoms with Crippen molar-refractivity contribution in [1.29, 1.82) is 0 Å². The van der Waals surface area contributed by atoms with E-state index in [9.17, 15) is 4.79 Å². The second-order valence-corrected chi connectivity index (χ2v) is 4.85. The van der Waals surface area contributed by atoms with Crippen molar-refractivity contribution in [2.45, 2.75) is 27.2 Å². The van der Waals surface area contributed by atoms with Crippen LogP contribution in [0.2, 0.25) is 0 Å². The highest BCUT2D eigenvalue weighted by Crippen LogP contribution is 2.19. The lowest BCUT2D eigenvalue weighted by Crippen LogP contribution is -2.33. The van der Waals surface area contributed by atoms with Gasteiger partial charge in [0.2, 0.25) is 5.13 Å². The van der Waals surface area contributed by atoms with Gasteiger partial charge in [0.15, 0.2) is 0 Å². The second-order valence-electron chi connectivity index (χ2n) is 4.10. The van der Waals surface area contributed by atoms with Crippen LogP contribution >= 0.6 is 11.5 Å². The van der Waals surface area contributed by atoms with Crippen LogP contribution in [-0.2, 0) is 16.0 Å². The second kappa shape index (κ2) is 5.25. The van der Waals surface area contributed by atoms with E-state index in [0.717, 1.165) is 17.4 Å². The maximum atomic E-state index is 11.4. The first-order valence-corrected chi connectivity index (χ1v) is 5.92. The van der Waals surface area contributed by atoms with Gasteiger partial charge in [-0.05, 0) is 13.8 Å². The Bertz CT molecular complexity index is 363. The first kappa shape index (κ1) is 12.9. The number of aryl methyl sites for hydroxylation is 1. The maximum Gasteiger partial charge on any atom is 0.313 e. The minimum Gasteiger partial charge on any atom is -0.469 e. The SMILES string of the molecule is CCc1nsc(NCC(C)(C)C(=O)OC)n1. The quantitative estimate of drug-likeness (QED) is 0.798. The number of hydrogen-bond donors (Lipinski definition) is 1. The predicted molar refractivity (Wildman–Crippen MR) is 63.6 cm³/mol. The lowest BCUT2D eigenvalue weighted by Gasteiger charge is -2.21. The Kier molecular flexibility index (Phi) is 4.23. The Morgan fingerprint density at radius 1 is 1.56 bits per heavy atom. The van der Waals surface area contributed by atoms with Crippen LogP contribution < -0.4 is 5.32 Å². The summed E-state index contributed by atoms with van der Waals surface area (Å²) in [5.74, 6) is 0.587. The Morgan fingerprint density at radius 3 is 2.75 bits per heavy atom. The van der Waals surface area contributed by atoms with Crippen LogP contribution in [-0.4, -0.2) is 29.0 Å². The Labute approximate surface area is 99.4 Å². The van der Waals surface area contributed by atoms with Gasteiger partial charge in [0.05, 0.1) is 12.5 Å². The largest absolute Gasteiger partial charge is 0.469 e. The van der Waals surface area contributed by atoms with Gasteiger partial charge in [-0.15, -0.1) is 0 Å². The number of nitrogens with zero attached hydrogens (tertiary/aromatic N) is 2. The van der Waals surface area contributed by atoms with Gasteiger partial charge in [-0.3, -0.25) is 4.79 Å². The van der Waals surface area contributed by atoms with Crippen molar-refractivity contribution in [1.82, 2.24) is 9.36 Å². The van der Waals surface area contributed by atoms with Crippen molar-refractivity contribution < 1.29 is 9.53 Å². The Balaban J connectivity index is 2.53. The average Bonchev–Trinajstić information content (AvgIpc) is 2.73. The van der Waals surface area contributed by atoms with E-state index in [1.807, 2.05) is 20.8 Å². The number of nitrogens with one attached hydrogen (secondary N) is 1. The molecule has 5 nitrogen and oxygen atoms in total. The number of esters is 1. The van der Waals surface area contributed by atoms with Crippen LogP contribution in [0, 0.1) is 5.41 Å². The molecule has 1 aromatic rings. The molecule has 0 amide bonds. The third-order valence-corrected chi connectivity index (χ3v) is 2.91. The molecular weight excluding hydrogens is 226 g/mol. The zero-order chi connectivity index (χ0) is 12.2. The number of rotatable bonds is 5. The molecular formula is C10H17N3O2S. The highest BCUT2D eigenvalue weighted by molar-refractivity contribution is 7.09. The molecule has 0 aromatic carbocycles. The fourth-order valence-corrected chi connectivity index (χ4v) is 1.76. The van der Waals surface area contributed by atoms with E-state index in [0.29, 0.717) is 6.54 Å². The molecule has 0 aliphatic heterocycles. The molecule has 90 valence electrons. The van der Waals surface area contributed by atoms with Gasteiger partial charge >= 0.3 is 5.97 Å². The number of ether oxygens (including phenoxy) is 1. The number of carbonyl (C=O) groups is 1. The number of anilines is 1. The molecule has 0 saturated carbocycles. The minimum atomic E-state index is -0.563.